The van der Waals surface area contributed by atoms with Crippen LogP contribution < -0.4 is 10.6 Å². The maximum atomic E-state index is 12.8. The van der Waals surface area contributed by atoms with Crippen molar-refractivity contribution in [2.24, 2.45) is 0 Å². The molecule has 0 aliphatic carbocycles. The van der Waals surface area contributed by atoms with Gasteiger partial charge in [-0.05, 0) is 30.7 Å². The lowest BCUT2D eigenvalue weighted by Gasteiger charge is -2.14. The van der Waals surface area contributed by atoms with Gasteiger partial charge in [-0.1, -0.05) is 12.1 Å². The highest BCUT2D eigenvalue weighted by molar-refractivity contribution is 5.87. The number of benzene rings is 1. The van der Waals surface area contributed by atoms with Gasteiger partial charge in [0.15, 0.2) is 0 Å². The van der Waals surface area contributed by atoms with Crippen LogP contribution in [-0.4, -0.2) is 16.0 Å². The zero-order valence-corrected chi connectivity index (χ0v) is 10.3. The van der Waals surface area contributed by atoms with Crippen LogP contribution in [-0.2, 0) is 0 Å². The molecule has 6 heteroatoms. The molecule has 0 bridgehead atoms. The molecule has 1 atom stereocenters. The van der Waals surface area contributed by atoms with Gasteiger partial charge in [-0.2, -0.15) is 0 Å². The lowest BCUT2D eigenvalue weighted by atomic mass is 10.1. The number of rotatable bonds is 3. The highest BCUT2D eigenvalue weighted by atomic mass is 19.1. The molecular weight excluding hydrogens is 247 g/mol. The molecule has 5 nitrogen and oxygen atoms in total. The lowest BCUT2D eigenvalue weighted by molar-refractivity contribution is 0.249. The Morgan fingerprint density at radius 3 is 2.47 bits per heavy atom. The molecule has 2 amide bonds. The molecule has 0 spiro atoms. The van der Waals surface area contributed by atoms with E-state index in [1.165, 1.54) is 24.5 Å². The third kappa shape index (κ3) is 3.74. The number of halogens is 1. The summed E-state index contributed by atoms with van der Waals surface area (Å²) < 4.78 is 12.8. The van der Waals surface area contributed by atoms with Crippen LogP contribution in [0.1, 0.15) is 18.5 Å². The van der Waals surface area contributed by atoms with Crippen molar-refractivity contribution in [2.45, 2.75) is 13.0 Å². The maximum absolute atomic E-state index is 12.8. The van der Waals surface area contributed by atoms with Gasteiger partial charge in [-0.25, -0.2) is 19.2 Å². The maximum Gasteiger partial charge on any atom is 0.322 e. The van der Waals surface area contributed by atoms with E-state index < -0.39 is 6.03 Å². The van der Waals surface area contributed by atoms with Gasteiger partial charge in [0.1, 0.15) is 5.82 Å². The van der Waals surface area contributed by atoms with Gasteiger partial charge in [-0.3, -0.25) is 5.32 Å². The van der Waals surface area contributed by atoms with Gasteiger partial charge in [0, 0.05) is 12.4 Å². The van der Waals surface area contributed by atoms with Crippen molar-refractivity contribution in [1.29, 1.82) is 0 Å². The van der Waals surface area contributed by atoms with E-state index >= 15 is 0 Å². The number of hydrogen-bond acceptors (Lipinski definition) is 3. The van der Waals surface area contributed by atoms with E-state index in [4.69, 9.17) is 0 Å². The summed E-state index contributed by atoms with van der Waals surface area (Å²) in [4.78, 5) is 19.4. The smallest absolute Gasteiger partial charge is 0.322 e. The van der Waals surface area contributed by atoms with Crippen molar-refractivity contribution in [3.8, 4) is 0 Å². The molecule has 0 fully saturated rings. The monoisotopic (exact) mass is 260 g/mol. The Morgan fingerprint density at radius 2 is 1.84 bits per heavy atom. The quantitative estimate of drug-likeness (QED) is 0.891. The first kappa shape index (κ1) is 12.9. The van der Waals surface area contributed by atoms with Crippen molar-refractivity contribution in [1.82, 2.24) is 15.3 Å². The van der Waals surface area contributed by atoms with E-state index in [0.29, 0.717) is 0 Å². The zero-order chi connectivity index (χ0) is 13.7. The third-order valence-corrected chi connectivity index (χ3v) is 2.51. The molecule has 0 aliphatic heterocycles. The number of nitrogens with one attached hydrogen (secondary N) is 2. The summed E-state index contributed by atoms with van der Waals surface area (Å²) in [6, 6.07) is 6.95. The highest BCUT2D eigenvalue weighted by Gasteiger charge is 2.10. The standard InChI is InChI=1S/C13H13FN4O/c1-9(10-3-5-11(14)6-4-10)17-13(19)18-12-15-7-2-8-16-12/h2-9H,1H3,(H2,15,16,17,18,19). The fraction of sp³-hybridized carbons (Fsp3) is 0.154. The first-order valence-electron chi connectivity index (χ1n) is 5.75. The van der Waals surface area contributed by atoms with Gasteiger partial charge in [0.2, 0.25) is 5.95 Å². The predicted octanol–water partition coefficient (Wildman–Crippen LogP) is 2.50. The van der Waals surface area contributed by atoms with Crippen molar-refractivity contribution < 1.29 is 9.18 Å². The average molecular weight is 260 g/mol. The van der Waals surface area contributed by atoms with Crippen molar-refractivity contribution in [3.63, 3.8) is 0 Å². The number of amides is 2. The summed E-state index contributed by atoms with van der Waals surface area (Å²) in [5, 5.41) is 5.22. The van der Waals surface area contributed by atoms with Crippen LogP contribution in [0, 0.1) is 5.82 Å². The molecule has 1 unspecified atom stereocenters. The lowest BCUT2D eigenvalue weighted by Crippen LogP contribution is -2.31. The highest BCUT2D eigenvalue weighted by Crippen LogP contribution is 2.12. The van der Waals surface area contributed by atoms with Gasteiger partial charge in [0.25, 0.3) is 0 Å². The van der Waals surface area contributed by atoms with Crippen LogP contribution in [0.2, 0.25) is 0 Å². The summed E-state index contributed by atoms with van der Waals surface area (Å²) in [5.41, 5.74) is 0.811. The first-order valence-corrected chi connectivity index (χ1v) is 5.75. The molecule has 1 aromatic carbocycles. The minimum absolute atomic E-state index is 0.228. The fourth-order valence-corrected chi connectivity index (χ4v) is 1.53. The van der Waals surface area contributed by atoms with Crippen LogP contribution in [0.4, 0.5) is 15.1 Å². The number of aromatic nitrogens is 2. The third-order valence-electron chi connectivity index (χ3n) is 2.51. The van der Waals surface area contributed by atoms with E-state index in [0.717, 1.165) is 5.56 Å². The van der Waals surface area contributed by atoms with E-state index in [2.05, 4.69) is 20.6 Å². The number of urea groups is 1. The van der Waals surface area contributed by atoms with Gasteiger partial charge >= 0.3 is 6.03 Å². The van der Waals surface area contributed by atoms with E-state index in [9.17, 15) is 9.18 Å². The normalized spacial score (nSPS) is 11.7. The summed E-state index contributed by atoms with van der Waals surface area (Å²) in [7, 11) is 0. The fourth-order valence-electron chi connectivity index (χ4n) is 1.53. The molecule has 0 aliphatic rings. The molecule has 98 valence electrons. The number of carbonyl (C=O) groups excluding carboxylic acids is 1. The summed E-state index contributed by atoms with van der Waals surface area (Å²) in [5.74, 6) is -0.0793. The number of carbonyl (C=O) groups is 1. The van der Waals surface area contributed by atoms with E-state index in [1.807, 2.05) is 0 Å². The van der Waals surface area contributed by atoms with Gasteiger partial charge < -0.3 is 5.32 Å². The molecule has 2 aromatic rings. The summed E-state index contributed by atoms with van der Waals surface area (Å²) >= 11 is 0. The molecule has 0 radical (unpaired) electrons. The molecule has 2 rings (SSSR count). The molecular formula is C13H13FN4O. The molecule has 0 saturated heterocycles. The van der Waals surface area contributed by atoms with Gasteiger partial charge in [-0.15, -0.1) is 0 Å². The molecule has 0 saturated carbocycles. The topological polar surface area (TPSA) is 66.9 Å². The Morgan fingerprint density at radius 1 is 1.21 bits per heavy atom. The SMILES string of the molecule is CC(NC(=O)Nc1ncccn1)c1ccc(F)cc1. The minimum atomic E-state index is -0.414. The minimum Gasteiger partial charge on any atom is -0.331 e. The van der Waals surface area contributed by atoms with E-state index in [1.54, 1.807) is 25.1 Å². The van der Waals surface area contributed by atoms with Crippen LogP contribution in [0.15, 0.2) is 42.7 Å². The number of anilines is 1. The Balaban J connectivity index is 1.93. The first-order chi connectivity index (χ1) is 9.15. The molecule has 2 N–H and O–H groups in total. The Labute approximate surface area is 109 Å². The molecule has 1 heterocycles. The Bertz CT molecular complexity index is 544. The second kappa shape index (κ2) is 5.90. The van der Waals surface area contributed by atoms with E-state index in [-0.39, 0.29) is 17.8 Å². The predicted molar refractivity (Wildman–Crippen MR) is 69.0 cm³/mol. The molecule has 19 heavy (non-hydrogen) atoms. The Kier molecular flexibility index (Phi) is 4.02. The van der Waals surface area contributed by atoms with Crippen LogP contribution in [0.5, 0.6) is 0 Å². The average Bonchev–Trinajstić information content (AvgIpc) is 2.40. The second-order valence-corrected chi connectivity index (χ2v) is 3.94. The van der Waals surface area contributed by atoms with Crippen molar-refractivity contribution in [2.75, 3.05) is 5.32 Å². The van der Waals surface area contributed by atoms with Crippen molar-refractivity contribution >= 4 is 12.0 Å². The van der Waals surface area contributed by atoms with Gasteiger partial charge in [0.05, 0.1) is 6.04 Å². The van der Waals surface area contributed by atoms with Crippen molar-refractivity contribution in [3.05, 3.63) is 54.1 Å². The Hall–Kier alpha value is -2.50. The molecule has 1 aromatic heterocycles. The van der Waals surface area contributed by atoms with Crippen LogP contribution in [0.25, 0.3) is 0 Å². The number of hydrogen-bond donors (Lipinski definition) is 2. The summed E-state index contributed by atoms with van der Waals surface area (Å²) in [6.07, 6.45) is 3.07. The zero-order valence-electron chi connectivity index (χ0n) is 10.3. The van der Waals surface area contributed by atoms with Crippen LogP contribution in [0.3, 0.4) is 0 Å². The second-order valence-electron chi connectivity index (χ2n) is 3.94. The van der Waals surface area contributed by atoms with Crippen LogP contribution >= 0.6 is 0 Å². The number of nitrogens with zero attached hydrogens (tertiary/aromatic N) is 2. The largest absolute Gasteiger partial charge is 0.331 e. The summed E-state index contributed by atoms with van der Waals surface area (Å²) in [6.45, 7) is 1.80.